The molecule has 0 atom stereocenters. The predicted molar refractivity (Wildman–Crippen MR) is 100 cm³/mol. The van der Waals surface area contributed by atoms with Crippen LogP contribution in [0, 0.1) is 6.92 Å². The van der Waals surface area contributed by atoms with E-state index in [9.17, 15) is 0 Å². The summed E-state index contributed by atoms with van der Waals surface area (Å²) in [4.78, 5) is 0. The molecule has 124 valence electrons. The van der Waals surface area contributed by atoms with Gasteiger partial charge in [0.25, 0.3) is 0 Å². The topological polar surface area (TPSA) is 0 Å². The second-order valence-electron chi connectivity index (χ2n) is 6.21. The van der Waals surface area contributed by atoms with E-state index in [-0.39, 0.29) is 0 Å². The van der Waals surface area contributed by atoms with Gasteiger partial charge in [-0.2, -0.15) is 0 Å². The Hall–Kier alpha value is -0.780. The zero-order valence-electron chi connectivity index (χ0n) is 16.1. The first-order chi connectivity index (χ1) is 9.97. The summed E-state index contributed by atoms with van der Waals surface area (Å²) in [6.45, 7) is 17.5. The van der Waals surface area contributed by atoms with E-state index in [1.165, 1.54) is 49.7 Å². The Balaban J connectivity index is 0. The lowest BCUT2D eigenvalue weighted by Gasteiger charge is -2.24. The van der Waals surface area contributed by atoms with Crippen molar-refractivity contribution in [2.45, 2.75) is 99.3 Å². The van der Waals surface area contributed by atoms with Crippen molar-refractivity contribution in [2.24, 2.45) is 0 Å². The smallest absolute Gasteiger partial charge is 0.0104 e. The highest BCUT2D eigenvalue weighted by Gasteiger charge is 2.18. The van der Waals surface area contributed by atoms with E-state index in [0.717, 1.165) is 0 Å². The number of aryl methyl sites for hydroxylation is 1. The van der Waals surface area contributed by atoms with Gasteiger partial charge in [0.15, 0.2) is 0 Å². The van der Waals surface area contributed by atoms with E-state index in [0.29, 0.717) is 5.41 Å². The van der Waals surface area contributed by atoms with Crippen LogP contribution in [0.4, 0.5) is 0 Å². The molecular weight excluding hydrogens is 252 g/mol. The molecule has 21 heavy (non-hydrogen) atoms. The number of hydrogen-bond donors (Lipinski definition) is 0. The number of unbranched alkanes of at least 4 members (excludes halogenated alkanes) is 3. The standard InChI is InChI=1S/C13H20.C6H14.C2H6/c1-5-10-13(3,4)12-8-6-11(2)7-9-12;1-3-5-6-4-2;1-2/h6-9H,5,10H2,1-4H3;3-6H2,1-2H3;1-2H3. The highest BCUT2D eigenvalue weighted by atomic mass is 14.2. The van der Waals surface area contributed by atoms with E-state index < -0.39 is 0 Å². The maximum absolute atomic E-state index is 2.32. The molecule has 0 amide bonds. The van der Waals surface area contributed by atoms with E-state index in [1.54, 1.807) is 0 Å². The van der Waals surface area contributed by atoms with E-state index in [2.05, 4.69) is 65.8 Å². The van der Waals surface area contributed by atoms with Crippen molar-refractivity contribution in [3.8, 4) is 0 Å². The molecule has 0 radical (unpaired) electrons. The van der Waals surface area contributed by atoms with Gasteiger partial charge in [-0.1, -0.05) is 110 Å². The average molecular weight is 293 g/mol. The van der Waals surface area contributed by atoms with Crippen molar-refractivity contribution in [2.75, 3.05) is 0 Å². The lowest BCUT2D eigenvalue weighted by Crippen LogP contribution is -2.16. The molecule has 0 aliphatic rings. The van der Waals surface area contributed by atoms with Gasteiger partial charge in [-0.3, -0.25) is 0 Å². The highest BCUT2D eigenvalue weighted by molar-refractivity contribution is 5.27. The Bertz CT molecular complexity index is 301. The summed E-state index contributed by atoms with van der Waals surface area (Å²) in [6, 6.07) is 8.91. The minimum absolute atomic E-state index is 0.336. The van der Waals surface area contributed by atoms with Crippen LogP contribution in [0.2, 0.25) is 0 Å². The van der Waals surface area contributed by atoms with Crippen LogP contribution in [0.3, 0.4) is 0 Å². The average Bonchev–Trinajstić information content (AvgIpc) is 2.48. The molecule has 0 fully saturated rings. The van der Waals surface area contributed by atoms with Crippen LogP contribution in [0.25, 0.3) is 0 Å². The molecule has 0 heterocycles. The Morgan fingerprint density at radius 3 is 1.52 bits per heavy atom. The van der Waals surface area contributed by atoms with Gasteiger partial charge in [-0.25, -0.2) is 0 Å². The summed E-state index contributed by atoms with van der Waals surface area (Å²) in [6.07, 6.45) is 8.05. The fourth-order valence-electron chi connectivity index (χ4n) is 2.27. The van der Waals surface area contributed by atoms with Gasteiger partial charge < -0.3 is 0 Å². The van der Waals surface area contributed by atoms with Crippen molar-refractivity contribution in [3.63, 3.8) is 0 Å². The minimum Gasteiger partial charge on any atom is -0.0683 e. The van der Waals surface area contributed by atoms with E-state index in [4.69, 9.17) is 0 Å². The first-order valence-corrected chi connectivity index (χ1v) is 9.05. The summed E-state index contributed by atoms with van der Waals surface area (Å²) >= 11 is 0. The molecule has 0 nitrogen and oxygen atoms in total. The molecule has 0 unspecified atom stereocenters. The van der Waals surface area contributed by atoms with Crippen molar-refractivity contribution in [3.05, 3.63) is 35.4 Å². The minimum atomic E-state index is 0.336. The summed E-state index contributed by atoms with van der Waals surface area (Å²) in [5.41, 5.74) is 3.14. The van der Waals surface area contributed by atoms with Gasteiger partial charge in [0, 0.05) is 0 Å². The van der Waals surface area contributed by atoms with Gasteiger partial charge in [0.2, 0.25) is 0 Å². The molecule has 0 aliphatic carbocycles. The highest BCUT2D eigenvalue weighted by Crippen LogP contribution is 2.28. The van der Waals surface area contributed by atoms with E-state index >= 15 is 0 Å². The molecule has 1 aromatic carbocycles. The Kier molecular flexibility index (Phi) is 15.2. The summed E-state index contributed by atoms with van der Waals surface area (Å²) in [5.74, 6) is 0. The Morgan fingerprint density at radius 2 is 1.19 bits per heavy atom. The zero-order chi connectivity index (χ0) is 16.7. The molecule has 0 aliphatic heterocycles. The van der Waals surface area contributed by atoms with Crippen LogP contribution in [-0.4, -0.2) is 0 Å². The molecule has 0 spiro atoms. The Labute approximate surface area is 135 Å². The SMILES string of the molecule is CC.CCCC(C)(C)c1ccc(C)cc1.CCCCCC. The molecule has 1 aromatic rings. The van der Waals surface area contributed by atoms with Crippen molar-refractivity contribution >= 4 is 0 Å². The van der Waals surface area contributed by atoms with Crippen LogP contribution in [0.1, 0.15) is 98.1 Å². The number of rotatable bonds is 6. The quantitative estimate of drug-likeness (QED) is 0.471. The van der Waals surface area contributed by atoms with Crippen LogP contribution in [0.5, 0.6) is 0 Å². The van der Waals surface area contributed by atoms with Crippen molar-refractivity contribution in [1.82, 2.24) is 0 Å². The molecule has 0 N–H and O–H groups in total. The normalized spacial score (nSPS) is 10.1. The van der Waals surface area contributed by atoms with Gasteiger partial charge in [0.1, 0.15) is 0 Å². The largest absolute Gasteiger partial charge is 0.0683 e. The lowest BCUT2D eigenvalue weighted by molar-refractivity contribution is 0.473. The second-order valence-corrected chi connectivity index (χ2v) is 6.21. The third-order valence-electron chi connectivity index (χ3n) is 3.67. The molecule has 1 rings (SSSR count). The van der Waals surface area contributed by atoms with Crippen molar-refractivity contribution < 1.29 is 0 Å². The lowest BCUT2D eigenvalue weighted by atomic mass is 9.80. The van der Waals surface area contributed by atoms with Crippen LogP contribution in [0.15, 0.2) is 24.3 Å². The third-order valence-corrected chi connectivity index (χ3v) is 3.67. The first kappa shape index (κ1) is 22.5. The maximum Gasteiger partial charge on any atom is -0.0104 e. The monoisotopic (exact) mass is 292 g/mol. The van der Waals surface area contributed by atoms with E-state index in [1.807, 2.05) is 13.8 Å². The molecule has 0 saturated heterocycles. The van der Waals surface area contributed by atoms with Gasteiger partial charge in [-0.15, -0.1) is 0 Å². The van der Waals surface area contributed by atoms with Gasteiger partial charge in [0.05, 0.1) is 0 Å². The third kappa shape index (κ3) is 11.5. The predicted octanol–water partition coefficient (Wildman–Crippen LogP) is 7.69. The maximum atomic E-state index is 2.32. The van der Waals surface area contributed by atoms with Gasteiger partial charge >= 0.3 is 0 Å². The molecule has 0 aromatic heterocycles. The molecule has 0 bridgehead atoms. The Morgan fingerprint density at radius 1 is 0.762 bits per heavy atom. The first-order valence-electron chi connectivity index (χ1n) is 9.05. The molecular formula is C21H40. The fraction of sp³-hybridized carbons (Fsp3) is 0.714. The zero-order valence-corrected chi connectivity index (χ0v) is 16.1. The van der Waals surface area contributed by atoms with Crippen LogP contribution < -0.4 is 0 Å². The summed E-state index contributed by atoms with van der Waals surface area (Å²) < 4.78 is 0. The van der Waals surface area contributed by atoms with Crippen LogP contribution in [-0.2, 0) is 5.41 Å². The number of benzene rings is 1. The number of hydrogen-bond acceptors (Lipinski definition) is 0. The summed E-state index contributed by atoms with van der Waals surface area (Å²) in [7, 11) is 0. The van der Waals surface area contributed by atoms with Gasteiger partial charge in [-0.05, 0) is 24.3 Å². The summed E-state index contributed by atoms with van der Waals surface area (Å²) in [5, 5.41) is 0. The molecule has 0 saturated carbocycles. The van der Waals surface area contributed by atoms with Crippen molar-refractivity contribution in [1.29, 1.82) is 0 Å². The fourth-order valence-corrected chi connectivity index (χ4v) is 2.27. The second kappa shape index (κ2) is 14.2. The molecule has 0 heteroatoms. The van der Waals surface area contributed by atoms with Crippen LogP contribution >= 0.6 is 0 Å².